The molecule has 0 aromatic heterocycles. The number of carbonyl (C=O) groups excluding carboxylic acids is 4. The zero-order valence-electron chi connectivity index (χ0n) is 19.4. The molecule has 0 unspecified atom stereocenters. The molecule has 3 aromatic carbocycles. The molecular weight excluding hydrogens is 450 g/mol. The first kappa shape index (κ1) is 23.7. The van der Waals surface area contributed by atoms with E-state index in [-0.39, 0.29) is 40.4 Å². The van der Waals surface area contributed by atoms with Crippen LogP contribution >= 0.6 is 0 Å². The Morgan fingerprint density at radius 1 is 0.857 bits per heavy atom. The average Bonchev–Trinajstić information content (AvgIpc) is 2.87. The summed E-state index contributed by atoms with van der Waals surface area (Å²) in [7, 11) is 2.99. The molecule has 1 aliphatic carbocycles. The summed E-state index contributed by atoms with van der Waals surface area (Å²) in [6.45, 7) is 1.42. The van der Waals surface area contributed by atoms with Crippen molar-refractivity contribution in [3.8, 4) is 11.5 Å². The van der Waals surface area contributed by atoms with Crippen LogP contribution in [-0.4, -0.2) is 43.8 Å². The van der Waals surface area contributed by atoms with Crippen LogP contribution in [-0.2, 0) is 20.7 Å². The van der Waals surface area contributed by atoms with Gasteiger partial charge in [0.1, 0.15) is 11.5 Å². The maximum Gasteiger partial charge on any atom is 0.311 e. The van der Waals surface area contributed by atoms with Gasteiger partial charge >= 0.3 is 5.97 Å². The van der Waals surface area contributed by atoms with Crippen LogP contribution in [0.2, 0.25) is 0 Å². The molecule has 0 aliphatic heterocycles. The van der Waals surface area contributed by atoms with Crippen LogP contribution in [0.1, 0.15) is 44.3 Å². The minimum absolute atomic E-state index is 0.115. The number of ketones is 2. The Morgan fingerprint density at radius 2 is 1.54 bits per heavy atom. The lowest BCUT2D eigenvalue weighted by Crippen LogP contribution is -2.32. The van der Waals surface area contributed by atoms with E-state index in [1.54, 1.807) is 54.6 Å². The first-order chi connectivity index (χ1) is 16.8. The lowest BCUT2D eigenvalue weighted by molar-refractivity contribution is -0.152. The van der Waals surface area contributed by atoms with Crippen LogP contribution in [0, 0.1) is 0 Å². The number of methoxy groups -OCH3 is 2. The van der Waals surface area contributed by atoms with Crippen molar-refractivity contribution in [1.82, 2.24) is 0 Å². The molecule has 0 saturated carbocycles. The fourth-order valence-corrected chi connectivity index (χ4v) is 3.95. The van der Waals surface area contributed by atoms with Crippen molar-refractivity contribution in [3.05, 3.63) is 88.5 Å². The molecular formula is C27H23NO7. The van der Waals surface area contributed by atoms with Gasteiger partial charge in [0.25, 0.3) is 5.91 Å². The topological polar surface area (TPSA) is 108 Å². The summed E-state index contributed by atoms with van der Waals surface area (Å²) in [4.78, 5) is 51.3. The van der Waals surface area contributed by atoms with E-state index in [1.807, 2.05) is 0 Å². The highest BCUT2D eigenvalue weighted by Gasteiger charge is 2.32. The third kappa shape index (κ3) is 4.63. The molecule has 1 amide bonds. The van der Waals surface area contributed by atoms with Crippen molar-refractivity contribution in [2.75, 3.05) is 19.5 Å². The summed E-state index contributed by atoms with van der Waals surface area (Å²) in [6, 6.07) is 16.2. The fraction of sp³-hybridized carbons (Fsp3) is 0.185. The van der Waals surface area contributed by atoms with Gasteiger partial charge < -0.3 is 19.5 Å². The lowest BCUT2D eigenvalue weighted by Gasteiger charge is -2.21. The third-order valence-corrected chi connectivity index (χ3v) is 5.71. The highest BCUT2D eigenvalue weighted by atomic mass is 16.5. The SMILES string of the molecule is COc1ccc(OC)c(CC(=O)O[C@@H](C)C(=O)Nc2cccc3c2C(=O)c2ccccc2C3=O)c1. The van der Waals surface area contributed by atoms with E-state index in [4.69, 9.17) is 14.2 Å². The zero-order chi connectivity index (χ0) is 25.1. The van der Waals surface area contributed by atoms with Gasteiger partial charge in [-0.3, -0.25) is 19.2 Å². The first-order valence-electron chi connectivity index (χ1n) is 10.9. The number of hydrogen-bond acceptors (Lipinski definition) is 7. The Kier molecular flexibility index (Phi) is 6.64. The van der Waals surface area contributed by atoms with Gasteiger partial charge in [0.15, 0.2) is 17.7 Å². The quantitative estimate of drug-likeness (QED) is 0.409. The smallest absolute Gasteiger partial charge is 0.311 e. The predicted octanol–water partition coefficient (Wildman–Crippen LogP) is 3.59. The number of rotatable bonds is 7. The second-order valence-electron chi connectivity index (χ2n) is 7.91. The summed E-state index contributed by atoms with van der Waals surface area (Å²) < 4.78 is 15.8. The van der Waals surface area contributed by atoms with Crippen LogP contribution in [0.25, 0.3) is 0 Å². The number of carbonyl (C=O) groups is 4. The average molecular weight is 473 g/mol. The molecule has 1 N–H and O–H groups in total. The van der Waals surface area contributed by atoms with E-state index in [0.29, 0.717) is 22.6 Å². The molecule has 35 heavy (non-hydrogen) atoms. The maximum absolute atomic E-state index is 13.1. The highest BCUT2D eigenvalue weighted by molar-refractivity contribution is 6.30. The van der Waals surface area contributed by atoms with Gasteiger partial charge in [0.05, 0.1) is 31.9 Å². The Morgan fingerprint density at radius 3 is 2.23 bits per heavy atom. The van der Waals surface area contributed by atoms with Crippen LogP contribution in [0.3, 0.4) is 0 Å². The molecule has 0 bridgehead atoms. The van der Waals surface area contributed by atoms with Crippen molar-refractivity contribution >= 4 is 29.1 Å². The monoisotopic (exact) mass is 473 g/mol. The summed E-state index contributed by atoms with van der Waals surface area (Å²) >= 11 is 0. The highest BCUT2D eigenvalue weighted by Crippen LogP contribution is 2.32. The molecule has 0 heterocycles. The molecule has 1 atom stereocenters. The number of ether oxygens (including phenoxy) is 3. The Labute approximate surface area is 201 Å². The number of nitrogens with one attached hydrogen (secondary N) is 1. The largest absolute Gasteiger partial charge is 0.497 e. The number of benzene rings is 3. The molecule has 0 radical (unpaired) electrons. The van der Waals surface area contributed by atoms with Crippen LogP contribution < -0.4 is 14.8 Å². The normalized spacial score (nSPS) is 12.8. The molecule has 8 nitrogen and oxygen atoms in total. The summed E-state index contributed by atoms with van der Waals surface area (Å²) in [5.74, 6) is -0.898. The van der Waals surface area contributed by atoms with Gasteiger partial charge in [0, 0.05) is 22.3 Å². The second kappa shape index (κ2) is 9.80. The molecule has 0 saturated heterocycles. The van der Waals surface area contributed by atoms with E-state index in [1.165, 1.54) is 27.2 Å². The van der Waals surface area contributed by atoms with Gasteiger partial charge in [-0.1, -0.05) is 36.4 Å². The standard InChI is InChI=1S/C27H23NO7/c1-15(35-23(29)14-16-13-17(33-2)11-12-22(16)34-3)27(32)28-21-10-6-9-20-24(21)26(31)19-8-5-4-7-18(19)25(20)30/h4-13,15H,14H2,1-3H3,(H,28,32)/t15-/m0/s1. The third-order valence-electron chi connectivity index (χ3n) is 5.71. The number of amides is 1. The Bertz CT molecular complexity index is 1350. The van der Waals surface area contributed by atoms with Crippen molar-refractivity contribution in [2.24, 2.45) is 0 Å². The minimum Gasteiger partial charge on any atom is -0.497 e. The zero-order valence-corrected chi connectivity index (χ0v) is 19.4. The molecule has 0 fully saturated rings. The van der Waals surface area contributed by atoms with E-state index in [9.17, 15) is 19.2 Å². The van der Waals surface area contributed by atoms with Gasteiger partial charge in [-0.05, 0) is 31.2 Å². The summed E-state index contributed by atoms with van der Waals surface area (Å²) in [5, 5.41) is 2.63. The molecule has 1 aliphatic rings. The Hall–Kier alpha value is -4.46. The van der Waals surface area contributed by atoms with Crippen molar-refractivity contribution in [1.29, 1.82) is 0 Å². The van der Waals surface area contributed by atoms with Crippen molar-refractivity contribution in [3.63, 3.8) is 0 Å². The van der Waals surface area contributed by atoms with Crippen LogP contribution in [0.4, 0.5) is 5.69 Å². The van der Waals surface area contributed by atoms with Gasteiger partial charge in [-0.2, -0.15) is 0 Å². The number of fused-ring (bicyclic) bond motifs is 2. The predicted molar refractivity (Wildman–Crippen MR) is 127 cm³/mol. The maximum atomic E-state index is 13.1. The van der Waals surface area contributed by atoms with E-state index in [2.05, 4.69) is 5.32 Å². The fourth-order valence-electron chi connectivity index (χ4n) is 3.95. The van der Waals surface area contributed by atoms with Crippen molar-refractivity contribution in [2.45, 2.75) is 19.4 Å². The van der Waals surface area contributed by atoms with Crippen molar-refractivity contribution < 1.29 is 33.4 Å². The van der Waals surface area contributed by atoms with E-state index in [0.717, 1.165) is 0 Å². The molecule has 178 valence electrons. The molecule has 3 aromatic rings. The van der Waals surface area contributed by atoms with Gasteiger partial charge in [-0.15, -0.1) is 0 Å². The second-order valence-corrected chi connectivity index (χ2v) is 7.91. The summed E-state index contributed by atoms with van der Waals surface area (Å²) in [6.07, 6.45) is -1.29. The number of esters is 1. The summed E-state index contributed by atoms with van der Waals surface area (Å²) in [5.41, 5.74) is 1.65. The first-order valence-corrected chi connectivity index (χ1v) is 10.9. The number of hydrogen-bond donors (Lipinski definition) is 1. The molecule has 4 rings (SSSR count). The van der Waals surface area contributed by atoms with E-state index < -0.39 is 18.0 Å². The molecule has 8 heteroatoms. The minimum atomic E-state index is -1.16. The van der Waals surface area contributed by atoms with E-state index >= 15 is 0 Å². The number of anilines is 1. The lowest BCUT2D eigenvalue weighted by atomic mass is 9.83. The van der Waals surface area contributed by atoms with Crippen LogP contribution in [0.15, 0.2) is 60.7 Å². The molecule has 0 spiro atoms. The van der Waals surface area contributed by atoms with Gasteiger partial charge in [0.2, 0.25) is 0 Å². The Balaban J connectivity index is 1.49. The van der Waals surface area contributed by atoms with Crippen LogP contribution in [0.5, 0.6) is 11.5 Å². The van der Waals surface area contributed by atoms with Gasteiger partial charge in [-0.25, -0.2) is 0 Å².